The molecule has 0 aromatic carbocycles. The van der Waals surface area contributed by atoms with Gasteiger partial charge < -0.3 is 37.2 Å². The third-order valence-electron chi connectivity index (χ3n) is 0.945. The molecule has 0 aromatic heterocycles. The summed E-state index contributed by atoms with van der Waals surface area (Å²) < 4.78 is 9.99. The van der Waals surface area contributed by atoms with Crippen LogP contribution in [0.1, 0.15) is 0 Å². The molecule has 12 heavy (non-hydrogen) atoms. The normalized spacial score (nSPS) is 15.1. The van der Waals surface area contributed by atoms with Gasteiger partial charge in [-0.1, -0.05) is 16.7 Å². The molecule has 67 valence electrons. The Kier molecular flexibility index (Phi) is 21.4. The summed E-state index contributed by atoms with van der Waals surface area (Å²) in [6.45, 7) is 0. The predicted molar refractivity (Wildman–Crippen MR) is 38.9 cm³/mol. The first kappa shape index (κ1) is 23.5. The van der Waals surface area contributed by atoms with E-state index in [9.17, 15) is 4.57 Å². The van der Waals surface area contributed by atoms with Gasteiger partial charge in [-0.2, -0.15) is 0 Å². The van der Waals surface area contributed by atoms with Crippen molar-refractivity contribution in [3.05, 3.63) is 24.3 Å². The minimum Gasteiger partial charge on any atom is -1.00 e. The van der Waals surface area contributed by atoms with Gasteiger partial charge in [0, 0.05) is 0 Å². The average molecular weight is 390 g/mol. The van der Waals surface area contributed by atoms with E-state index in [2.05, 4.69) is 15.9 Å². The van der Waals surface area contributed by atoms with Crippen molar-refractivity contribution in [2.24, 2.45) is 0 Å². The summed E-state index contributed by atoms with van der Waals surface area (Å²) in [6, 6.07) is 0. The molecular formula is C5H5BrCl3OPZr+. The molecule has 1 aliphatic carbocycles. The smallest absolute Gasteiger partial charge is 1.00 e. The first-order valence-corrected chi connectivity index (χ1v) is 3.92. The molecule has 1 atom stereocenters. The maximum absolute atomic E-state index is 10.3. The summed E-state index contributed by atoms with van der Waals surface area (Å²) in [5.41, 5.74) is 0. The Labute approximate surface area is 120 Å². The standard InChI is InChI=1S/C5H4BrOP.3ClH.Zr/c6-5(8-7)3-1-2-4-5;;;;/h1-4H;3*1H;/q;;;;+3/p-2. The van der Waals surface area contributed by atoms with Gasteiger partial charge in [-0.05, 0) is 28.1 Å². The van der Waals surface area contributed by atoms with Crippen LogP contribution in [-0.4, -0.2) is 4.07 Å². The van der Waals surface area contributed by atoms with Crippen molar-refractivity contribution in [1.82, 2.24) is 0 Å². The van der Waals surface area contributed by atoms with Crippen LogP contribution >= 0.6 is 24.4 Å². The Hall–Kier alpha value is 1.81. The molecule has 0 amide bonds. The fourth-order valence-electron chi connectivity index (χ4n) is 0.515. The van der Waals surface area contributed by atoms with Crippen LogP contribution in [0.5, 0.6) is 0 Å². The molecule has 0 spiro atoms. The van der Waals surface area contributed by atoms with Crippen molar-refractivity contribution >= 4 is 24.4 Å². The quantitative estimate of drug-likeness (QED) is 0.322. The van der Waals surface area contributed by atoms with Crippen LogP contribution in [0.15, 0.2) is 24.3 Å². The van der Waals surface area contributed by atoms with Crippen LogP contribution in [0.25, 0.3) is 0 Å². The minimum absolute atomic E-state index is 0. The second-order valence-electron chi connectivity index (χ2n) is 1.59. The van der Waals surface area contributed by atoms with Crippen LogP contribution in [0.4, 0.5) is 0 Å². The molecule has 1 rings (SSSR count). The molecule has 0 bridgehead atoms. The molecule has 1 radical (unpaired) electrons. The molecule has 1 nitrogen and oxygen atoms in total. The molecule has 7 heteroatoms. The van der Waals surface area contributed by atoms with E-state index in [-0.39, 0.29) is 75.9 Å². The van der Waals surface area contributed by atoms with E-state index in [0.717, 1.165) is 0 Å². The van der Waals surface area contributed by atoms with Crippen molar-refractivity contribution < 1.29 is 68.0 Å². The molecule has 0 saturated heterocycles. The SMILES string of the molecule is O=[PH+]C1(Br)C=CC=C1.[Cl-].[Cl-].[Cl-].[Zr+3]. The maximum atomic E-state index is 10.3. The maximum Gasteiger partial charge on any atom is 3.00 e. The van der Waals surface area contributed by atoms with Gasteiger partial charge in [-0.3, -0.25) is 0 Å². The van der Waals surface area contributed by atoms with Gasteiger partial charge in [-0.15, -0.1) is 0 Å². The molecule has 1 aliphatic rings. The van der Waals surface area contributed by atoms with Gasteiger partial charge in [0.05, 0.1) is 0 Å². The van der Waals surface area contributed by atoms with Gasteiger partial charge in [0.1, 0.15) is 0 Å². The average Bonchev–Trinajstić information content (AvgIpc) is 2.17. The van der Waals surface area contributed by atoms with E-state index in [1.54, 1.807) is 0 Å². The number of allylic oxidation sites excluding steroid dienone is 4. The number of alkyl halides is 1. The van der Waals surface area contributed by atoms with E-state index in [1.807, 2.05) is 24.3 Å². The molecule has 0 heterocycles. The van der Waals surface area contributed by atoms with E-state index in [4.69, 9.17) is 0 Å². The molecule has 0 aromatic rings. The van der Waals surface area contributed by atoms with Crippen LogP contribution in [0, 0.1) is 0 Å². The molecule has 0 saturated carbocycles. The Morgan fingerprint density at radius 1 is 1.08 bits per heavy atom. The summed E-state index contributed by atoms with van der Waals surface area (Å²) in [7, 11) is -0.343. The third-order valence-corrected chi connectivity index (χ3v) is 2.61. The Bertz CT molecular complexity index is 164. The topological polar surface area (TPSA) is 17.1 Å². The minimum atomic E-state index is -0.343. The summed E-state index contributed by atoms with van der Waals surface area (Å²) >= 11 is 3.27. The van der Waals surface area contributed by atoms with Gasteiger partial charge in [-0.25, -0.2) is 0 Å². The van der Waals surface area contributed by atoms with Crippen molar-refractivity contribution in [3.8, 4) is 0 Å². The fraction of sp³-hybridized carbons (Fsp3) is 0.200. The van der Waals surface area contributed by atoms with Crippen LogP contribution < -0.4 is 37.2 Å². The molecule has 1 unspecified atom stereocenters. The van der Waals surface area contributed by atoms with Crippen LogP contribution in [-0.2, 0) is 30.8 Å². The first-order chi connectivity index (χ1) is 3.77. The van der Waals surface area contributed by atoms with Crippen LogP contribution in [0.2, 0.25) is 0 Å². The Morgan fingerprint density at radius 2 is 1.42 bits per heavy atom. The molecule has 0 N–H and O–H groups in total. The zero-order valence-corrected chi connectivity index (χ0v) is 13.0. The van der Waals surface area contributed by atoms with E-state index in [0.29, 0.717) is 0 Å². The Balaban J connectivity index is -0.0000000800. The van der Waals surface area contributed by atoms with Crippen LogP contribution in [0.3, 0.4) is 0 Å². The van der Waals surface area contributed by atoms with Crippen molar-refractivity contribution in [2.45, 2.75) is 4.07 Å². The summed E-state index contributed by atoms with van der Waals surface area (Å²) in [5, 5.41) is 0. The van der Waals surface area contributed by atoms with E-state index >= 15 is 0 Å². The molecule has 0 fully saturated rings. The zero-order chi connectivity index (χ0) is 6.04. The summed E-state index contributed by atoms with van der Waals surface area (Å²) in [4.78, 5) is 0. The van der Waals surface area contributed by atoms with Gasteiger partial charge in [0.25, 0.3) is 4.07 Å². The fourth-order valence-corrected chi connectivity index (χ4v) is 1.15. The number of hydrogen-bond donors (Lipinski definition) is 0. The van der Waals surface area contributed by atoms with Crippen molar-refractivity contribution in [2.75, 3.05) is 0 Å². The molecular weight excluding hydrogens is 385 g/mol. The van der Waals surface area contributed by atoms with E-state index < -0.39 is 0 Å². The summed E-state index contributed by atoms with van der Waals surface area (Å²) in [6.07, 6.45) is 7.47. The number of hydrogen-bond acceptors (Lipinski definition) is 1. The van der Waals surface area contributed by atoms with Gasteiger partial charge in [0.2, 0.25) is 0 Å². The Morgan fingerprint density at radius 3 is 1.58 bits per heavy atom. The van der Waals surface area contributed by atoms with Gasteiger partial charge >= 0.3 is 34.7 Å². The largest absolute Gasteiger partial charge is 3.00 e. The zero-order valence-electron chi connectivity index (χ0n) is 5.73. The van der Waals surface area contributed by atoms with E-state index in [1.165, 1.54) is 0 Å². The third kappa shape index (κ3) is 7.24. The second-order valence-corrected chi connectivity index (χ2v) is 4.66. The van der Waals surface area contributed by atoms with Crippen molar-refractivity contribution in [3.63, 3.8) is 0 Å². The van der Waals surface area contributed by atoms with Gasteiger partial charge in [0.15, 0.2) is 0 Å². The summed E-state index contributed by atoms with van der Waals surface area (Å²) in [5.74, 6) is 0. The monoisotopic (exact) mass is 386 g/mol. The number of rotatable bonds is 1. The first-order valence-electron chi connectivity index (χ1n) is 2.22. The predicted octanol–water partition coefficient (Wildman–Crippen LogP) is -6.76. The second kappa shape index (κ2) is 10.9. The molecule has 0 aliphatic heterocycles. The number of halogens is 4. The van der Waals surface area contributed by atoms with Crippen molar-refractivity contribution in [1.29, 1.82) is 0 Å².